The number of esters is 1. The topological polar surface area (TPSA) is 26.3 Å². The van der Waals surface area contributed by atoms with Gasteiger partial charge in [-0.2, -0.15) is 0 Å². The highest BCUT2D eigenvalue weighted by Gasteiger charge is 2.20. The molecule has 0 N–H and O–H groups in total. The summed E-state index contributed by atoms with van der Waals surface area (Å²) in [5.74, 6) is 1.59. The first-order valence-electron chi connectivity index (χ1n) is 6.02. The van der Waals surface area contributed by atoms with Crippen molar-refractivity contribution >= 4 is 5.97 Å². The van der Waals surface area contributed by atoms with E-state index >= 15 is 0 Å². The molecule has 1 atom stereocenters. The van der Waals surface area contributed by atoms with Crippen molar-refractivity contribution in [3.8, 4) is 0 Å². The molecule has 0 heterocycles. The molecule has 0 aliphatic carbocycles. The standard InChI is InChI=1S/C13H26O2/c1-9(2)7-12(10(3)4)8-13(14)15-11(5)6/h9-12H,7-8H2,1-6H3. The second-order valence-electron chi connectivity index (χ2n) is 5.38. The van der Waals surface area contributed by atoms with Gasteiger partial charge in [-0.05, 0) is 38.0 Å². The fourth-order valence-electron chi connectivity index (χ4n) is 1.72. The highest BCUT2D eigenvalue weighted by molar-refractivity contribution is 5.69. The van der Waals surface area contributed by atoms with E-state index in [0.29, 0.717) is 24.2 Å². The molecule has 0 saturated heterocycles. The summed E-state index contributed by atoms with van der Waals surface area (Å²) in [6, 6.07) is 0. The van der Waals surface area contributed by atoms with E-state index in [2.05, 4.69) is 27.7 Å². The lowest BCUT2D eigenvalue weighted by molar-refractivity contribution is -0.149. The Morgan fingerprint density at radius 3 is 1.93 bits per heavy atom. The molecule has 0 aromatic rings. The zero-order valence-electron chi connectivity index (χ0n) is 11.0. The minimum Gasteiger partial charge on any atom is -0.463 e. The Bertz CT molecular complexity index is 183. The summed E-state index contributed by atoms with van der Waals surface area (Å²) >= 11 is 0. The number of hydrogen-bond acceptors (Lipinski definition) is 2. The van der Waals surface area contributed by atoms with Crippen LogP contribution in [0.2, 0.25) is 0 Å². The fraction of sp³-hybridized carbons (Fsp3) is 0.923. The summed E-state index contributed by atoms with van der Waals surface area (Å²) in [5, 5.41) is 0. The van der Waals surface area contributed by atoms with Crippen LogP contribution >= 0.6 is 0 Å². The van der Waals surface area contributed by atoms with Crippen LogP contribution in [0.25, 0.3) is 0 Å². The van der Waals surface area contributed by atoms with Crippen LogP contribution in [0.3, 0.4) is 0 Å². The van der Waals surface area contributed by atoms with Gasteiger partial charge in [0, 0.05) is 6.42 Å². The van der Waals surface area contributed by atoms with Gasteiger partial charge in [0.05, 0.1) is 6.10 Å². The number of rotatable bonds is 6. The molecular formula is C13H26O2. The average molecular weight is 214 g/mol. The Morgan fingerprint density at radius 1 is 1.07 bits per heavy atom. The second kappa shape index (κ2) is 6.86. The lowest BCUT2D eigenvalue weighted by Gasteiger charge is -2.22. The number of carbonyl (C=O) groups is 1. The van der Waals surface area contributed by atoms with Crippen LogP contribution in [0.4, 0.5) is 0 Å². The molecule has 0 aromatic carbocycles. The quantitative estimate of drug-likeness (QED) is 0.631. The summed E-state index contributed by atoms with van der Waals surface area (Å²) in [4.78, 5) is 11.5. The van der Waals surface area contributed by atoms with E-state index in [-0.39, 0.29) is 12.1 Å². The van der Waals surface area contributed by atoms with Crippen molar-refractivity contribution in [2.24, 2.45) is 17.8 Å². The van der Waals surface area contributed by atoms with Crippen molar-refractivity contribution in [1.82, 2.24) is 0 Å². The predicted octanol–water partition coefficient (Wildman–Crippen LogP) is 3.65. The monoisotopic (exact) mass is 214 g/mol. The first-order valence-corrected chi connectivity index (χ1v) is 6.02. The molecule has 0 aliphatic rings. The van der Waals surface area contributed by atoms with Gasteiger partial charge in [0.15, 0.2) is 0 Å². The first-order chi connectivity index (χ1) is 6.82. The molecule has 2 nitrogen and oxygen atoms in total. The molecule has 0 spiro atoms. The van der Waals surface area contributed by atoms with E-state index in [9.17, 15) is 4.79 Å². The molecule has 90 valence electrons. The van der Waals surface area contributed by atoms with E-state index < -0.39 is 0 Å². The number of carbonyl (C=O) groups excluding carboxylic acids is 1. The second-order valence-corrected chi connectivity index (χ2v) is 5.38. The lowest BCUT2D eigenvalue weighted by Crippen LogP contribution is -2.20. The Labute approximate surface area is 94.4 Å². The van der Waals surface area contributed by atoms with Crippen LogP contribution in [0, 0.1) is 17.8 Å². The maximum absolute atomic E-state index is 11.5. The minimum absolute atomic E-state index is 0.00404. The van der Waals surface area contributed by atoms with Crippen LogP contribution in [-0.2, 0) is 9.53 Å². The Morgan fingerprint density at radius 2 is 1.60 bits per heavy atom. The van der Waals surface area contributed by atoms with E-state index in [1.807, 2.05) is 13.8 Å². The van der Waals surface area contributed by atoms with Crippen molar-refractivity contribution in [1.29, 1.82) is 0 Å². The molecular weight excluding hydrogens is 188 g/mol. The molecule has 0 amide bonds. The van der Waals surface area contributed by atoms with Gasteiger partial charge in [0.1, 0.15) is 0 Å². The van der Waals surface area contributed by atoms with Gasteiger partial charge < -0.3 is 4.74 Å². The van der Waals surface area contributed by atoms with Crippen LogP contribution in [0.1, 0.15) is 54.4 Å². The van der Waals surface area contributed by atoms with Crippen molar-refractivity contribution in [3.63, 3.8) is 0 Å². The SMILES string of the molecule is CC(C)CC(CC(=O)OC(C)C)C(C)C. The Balaban J connectivity index is 4.10. The maximum atomic E-state index is 11.5. The van der Waals surface area contributed by atoms with Gasteiger partial charge in [-0.25, -0.2) is 0 Å². The molecule has 0 rings (SSSR count). The number of ether oxygens (including phenoxy) is 1. The van der Waals surface area contributed by atoms with Gasteiger partial charge in [-0.15, -0.1) is 0 Å². The predicted molar refractivity (Wildman–Crippen MR) is 63.6 cm³/mol. The maximum Gasteiger partial charge on any atom is 0.306 e. The molecule has 0 aliphatic heterocycles. The van der Waals surface area contributed by atoms with E-state index in [1.165, 1.54) is 0 Å². The molecule has 15 heavy (non-hydrogen) atoms. The average Bonchev–Trinajstić information content (AvgIpc) is 1.99. The molecule has 0 aromatic heterocycles. The van der Waals surface area contributed by atoms with Crippen molar-refractivity contribution < 1.29 is 9.53 Å². The van der Waals surface area contributed by atoms with Crippen molar-refractivity contribution in [2.45, 2.75) is 60.5 Å². The van der Waals surface area contributed by atoms with Crippen LogP contribution in [0.15, 0.2) is 0 Å². The summed E-state index contributed by atoms with van der Waals surface area (Å²) in [5.41, 5.74) is 0. The minimum atomic E-state index is -0.0515. The summed E-state index contributed by atoms with van der Waals surface area (Å²) in [6.45, 7) is 12.5. The molecule has 0 fully saturated rings. The molecule has 0 bridgehead atoms. The van der Waals surface area contributed by atoms with Crippen LogP contribution in [-0.4, -0.2) is 12.1 Å². The van der Waals surface area contributed by atoms with Gasteiger partial charge in [0.2, 0.25) is 0 Å². The Hall–Kier alpha value is -0.530. The van der Waals surface area contributed by atoms with Crippen molar-refractivity contribution in [2.75, 3.05) is 0 Å². The molecule has 1 unspecified atom stereocenters. The van der Waals surface area contributed by atoms with Crippen molar-refractivity contribution in [3.05, 3.63) is 0 Å². The van der Waals surface area contributed by atoms with E-state index in [4.69, 9.17) is 4.74 Å². The fourth-order valence-corrected chi connectivity index (χ4v) is 1.72. The van der Waals surface area contributed by atoms with Gasteiger partial charge >= 0.3 is 5.97 Å². The van der Waals surface area contributed by atoms with E-state index in [0.717, 1.165) is 6.42 Å². The highest BCUT2D eigenvalue weighted by Crippen LogP contribution is 2.24. The largest absolute Gasteiger partial charge is 0.463 e. The number of hydrogen-bond donors (Lipinski definition) is 0. The summed E-state index contributed by atoms with van der Waals surface area (Å²) in [7, 11) is 0. The van der Waals surface area contributed by atoms with Gasteiger partial charge in [-0.3, -0.25) is 4.79 Å². The third-order valence-corrected chi connectivity index (χ3v) is 2.51. The van der Waals surface area contributed by atoms with Crippen LogP contribution < -0.4 is 0 Å². The Kier molecular flexibility index (Phi) is 6.62. The van der Waals surface area contributed by atoms with Gasteiger partial charge in [0.25, 0.3) is 0 Å². The zero-order valence-corrected chi connectivity index (χ0v) is 11.0. The molecule has 2 heteroatoms. The van der Waals surface area contributed by atoms with Gasteiger partial charge in [-0.1, -0.05) is 27.7 Å². The highest BCUT2D eigenvalue weighted by atomic mass is 16.5. The summed E-state index contributed by atoms with van der Waals surface area (Å²) < 4.78 is 5.17. The lowest BCUT2D eigenvalue weighted by atomic mass is 9.85. The smallest absolute Gasteiger partial charge is 0.306 e. The third kappa shape index (κ3) is 7.40. The first kappa shape index (κ1) is 14.5. The summed E-state index contributed by atoms with van der Waals surface area (Å²) in [6.07, 6.45) is 1.67. The third-order valence-electron chi connectivity index (χ3n) is 2.51. The zero-order chi connectivity index (χ0) is 12.0. The van der Waals surface area contributed by atoms with E-state index in [1.54, 1.807) is 0 Å². The molecule has 0 saturated carbocycles. The molecule has 0 radical (unpaired) electrons. The normalized spacial score (nSPS) is 13.7. The van der Waals surface area contributed by atoms with Crippen LogP contribution in [0.5, 0.6) is 0 Å².